The number of likely N-dealkylation sites (tertiary alicyclic amines) is 1. The fraction of sp³-hybridized carbons (Fsp3) is 0.875. The number of carbonyl (C=O) groups is 1. The molecule has 136 valence electrons. The van der Waals surface area contributed by atoms with Crippen molar-refractivity contribution in [3.05, 3.63) is 0 Å². The summed E-state index contributed by atoms with van der Waals surface area (Å²) in [4.78, 5) is 18.4. The first-order valence-corrected chi connectivity index (χ1v) is 8.20. The molecule has 1 saturated heterocycles. The zero-order chi connectivity index (χ0) is 16.6. The SMILES string of the molecule is CCOCC1CCN(C(=NC)NCCNC(=O)C(C)(C)C)C1.I. The topological polar surface area (TPSA) is 66.0 Å². The van der Waals surface area contributed by atoms with Crippen LogP contribution in [0.3, 0.4) is 0 Å². The summed E-state index contributed by atoms with van der Waals surface area (Å²) in [6.07, 6.45) is 1.14. The molecule has 0 bridgehead atoms. The Kier molecular flexibility index (Phi) is 10.8. The predicted molar refractivity (Wildman–Crippen MR) is 105 cm³/mol. The second kappa shape index (κ2) is 11.1. The molecule has 7 heteroatoms. The summed E-state index contributed by atoms with van der Waals surface area (Å²) in [6, 6.07) is 0. The van der Waals surface area contributed by atoms with E-state index in [1.807, 2.05) is 27.7 Å². The van der Waals surface area contributed by atoms with E-state index in [4.69, 9.17) is 4.74 Å². The zero-order valence-electron chi connectivity index (χ0n) is 15.1. The molecule has 0 aliphatic carbocycles. The fourth-order valence-corrected chi connectivity index (χ4v) is 2.39. The molecule has 0 spiro atoms. The molecule has 1 fully saturated rings. The van der Waals surface area contributed by atoms with Gasteiger partial charge in [0.05, 0.1) is 6.61 Å². The lowest BCUT2D eigenvalue weighted by Crippen LogP contribution is -2.44. The van der Waals surface area contributed by atoms with Crippen molar-refractivity contribution in [1.29, 1.82) is 0 Å². The van der Waals surface area contributed by atoms with Gasteiger partial charge in [-0.15, -0.1) is 24.0 Å². The Labute approximate surface area is 157 Å². The highest BCUT2D eigenvalue weighted by molar-refractivity contribution is 14.0. The molecule has 0 aromatic carbocycles. The number of hydrogen-bond donors (Lipinski definition) is 2. The van der Waals surface area contributed by atoms with E-state index in [2.05, 4.69) is 20.5 Å². The summed E-state index contributed by atoms with van der Waals surface area (Å²) < 4.78 is 5.50. The normalized spacial score (nSPS) is 18.6. The first kappa shape index (κ1) is 22.4. The van der Waals surface area contributed by atoms with Crippen molar-refractivity contribution in [3.63, 3.8) is 0 Å². The minimum Gasteiger partial charge on any atom is -0.381 e. The maximum atomic E-state index is 11.8. The number of carbonyl (C=O) groups excluding carboxylic acids is 1. The Morgan fingerprint density at radius 3 is 2.52 bits per heavy atom. The molecule has 1 unspecified atom stereocenters. The van der Waals surface area contributed by atoms with Crippen molar-refractivity contribution in [3.8, 4) is 0 Å². The number of ether oxygens (including phenoxy) is 1. The molecule has 0 saturated carbocycles. The Morgan fingerprint density at radius 1 is 1.30 bits per heavy atom. The average Bonchev–Trinajstić information content (AvgIpc) is 2.92. The Hall–Kier alpha value is -0.570. The van der Waals surface area contributed by atoms with E-state index < -0.39 is 0 Å². The lowest BCUT2D eigenvalue weighted by Gasteiger charge is -2.22. The van der Waals surface area contributed by atoms with Gasteiger partial charge >= 0.3 is 0 Å². The second-order valence-corrected chi connectivity index (χ2v) is 6.74. The molecule has 1 atom stereocenters. The fourth-order valence-electron chi connectivity index (χ4n) is 2.39. The second-order valence-electron chi connectivity index (χ2n) is 6.74. The summed E-state index contributed by atoms with van der Waals surface area (Å²) in [5.74, 6) is 1.56. The van der Waals surface area contributed by atoms with Crippen molar-refractivity contribution < 1.29 is 9.53 Å². The van der Waals surface area contributed by atoms with Gasteiger partial charge in [0.2, 0.25) is 5.91 Å². The molecule has 23 heavy (non-hydrogen) atoms. The number of aliphatic imine (C=N–C) groups is 1. The minimum absolute atomic E-state index is 0. The Morgan fingerprint density at radius 2 is 1.96 bits per heavy atom. The van der Waals surface area contributed by atoms with Crippen molar-refractivity contribution in [2.45, 2.75) is 34.1 Å². The van der Waals surface area contributed by atoms with Gasteiger partial charge in [0.1, 0.15) is 0 Å². The summed E-state index contributed by atoms with van der Waals surface area (Å²) >= 11 is 0. The first-order chi connectivity index (χ1) is 10.4. The summed E-state index contributed by atoms with van der Waals surface area (Å²) in [7, 11) is 1.80. The largest absolute Gasteiger partial charge is 0.381 e. The number of hydrogen-bond acceptors (Lipinski definition) is 3. The van der Waals surface area contributed by atoms with E-state index in [0.29, 0.717) is 19.0 Å². The van der Waals surface area contributed by atoms with E-state index >= 15 is 0 Å². The van der Waals surface area contributed by atoms with Crippen molar-refractivity contribution in [2.24, 2.45) is 16.3 Å². The van der Waals surface area contributed by atoms with Gasteiger partial charge < -0.3 is 20.3 Å². The van der Waals surface area contributed by atoms with Gasteiger partial charge in [-0.2, -0.15) is 0 Å². The van der Waals surface area contributed by atoms with E-state index in [1.54, 1.807) is 7.05 Å². The minimum atomic E-state index is -0.344. The van der Waals surface area contributed by atoms with Crippen LogP contribution < -0.4 is 10.6 Å². The number of nitrogens with one attached hydrogen (secondary N) is 2. The lowest BCUT2D eigenvalue weighted by atomic mass is 9.96. The molecular weight excluding hydrogens is 407 g/mol. The number of amides is 1. The van der Waals surface area contributed by atoms with Crippen LogP contribution in [0.25, 0.3) is 0 Å². The van der Waals surface area contributed by atoms with Crippen LogP contribution in [0.15, 0.2) is 4.99 Å². The molecule has 1 aliphatic heterocycles. The van der Waals surface area contributed by atoms with Crippen LogP contribution in [-0.4, -0.2) is 63.2 Å². The number of halogens is 1. The lowest BCUT2D eigenvalue weighted by molar-refractivity contribution is -0.128. The third kappa shape index (κ3) is 8.19. The number of rotatable bonds is 6. The summed E-state index contributed by atoms with van der Waals surface area (Å²) in [5, 5.41) is 6.25. The molecule has 1 rings (SSSR count). The third-order valence-electron chi connectivity index (χ3n) is 3.73. The van der Waals surface area contributed by atoms with Gasteiger partial charge in [0.25, 0.3) is 0 Å². The van der Waals surface area contributed by atoms with Crippen molar-refractivity contribution >= 4 is 35.8 Å². The highest BCUT2D eigenvalue weighted by atomic mass is 127. The van der Waals surface area contributed by atoms with E-state index in [1.165, 1.54) is 0 Å². The van der Waals surface area contributed by atoms with Crippen molar-refractivity contribution in [2.75, 3.05) is 46.4 Å². The molecule has 0 aromatic heterocycles. The van der Waals surface area contributed by atoms with Crippen LogP contribution in [0.2, 0.25) is 0 Å². The van der Waals surface area contributed by atoms with Gasteiger partial charge in [-0.1, -0.05) is 20.8 Å². The molecule has 1 aliphatic rings. The maximum Gasteiger partial charge on any atom is 0.225 e. The van der Waals surface area contributed by atoms with Crippen LogP contribution >= 0.6 is 24.0 Å². The summed E-state index contributed by atoms with van der Waals surface area (Å²) in [6.45, 7) is 12.6. The summed E-state index contributed by atoms with van der Waals surface area (Å²) in [5.41, 5.74) is -0.344. The number of guanidine groups is 1. The van der Waals surface area contributed by atoms with Crippen LogP contribution in [0.5, 0.6) is 0 Å². The van der Waals surface area contributed by atoms with E-state index in [-0.39, 0.29) is 35.3 Å². The number of nitrogens with zero attached hydrogens (tertiary/aromatic N) is 2. The molecule has 0 radical (unpaired) electrons. The molecule has 2 N–H and O–H groups in total. The smallest absolute Gasteiger partial charge is 0.225 e. The quantitative estimate of drug-likeness (QED) is 0.286. The van der Waals surface area contributed by atoms with Crippen LogP contribution in [0.1, 0.15) is 34.1 Å². The van der Waals surface area contributed by atoms with Crippen LogP contribution in [-0.2, 0) is 9.53 Å². The van der Waals surface area contributed by atoms with E-state index in [9.17, 15) is 4.79 Å². The van der Waals surface area contributed by atoms with Gasteiger partial charge in [-0.05, 0) is 13.3 Å². The highest BCUT2D eigenvalue weighted by Gasteiger charge is 2.25. The first-order valence-electron chi connectivity index (χ1n) is 8.20. The molecule has 6 nitrogen and oxygen atoms in total. The van der Waals surface area contributed by atoms with Gasteiger partial charge in [-0.3, -0.25) is 9.79 Å². The van der Waals surface area contributed by atoms with Gasteiger partial charge in [0.15, 0.2) is 5.96 Å². The zero-order valence-corrected chi connectivity index (χ0v) is 17.5. The molecule has 1 heterocycles. The predicted octanol–water partition coefficient (Wildman–Crippen LogP) is 1.70. The third-order valence-corrected chi connectivity index (χ3v) is 3.73. The van der Waals surface area contributed by atoms with Gasteiger partial charge in [0, 0.05) is 51.2 Å². The average molecular weight is 440 g/mol. The van der Waals surface area contributed by atoms with Crippen LogP contribution in [0, 0.1) is 11.3 Å². The molecule has 1 amide bonds. The van der Waals surface area contributed by atoms with Gasteiger partial charge in [-0.25, -0.2) is 0 Å². The highest BCUT2D eigenvalue weighted by Crippen LogP contribution is 2.16. The van der Waals surface area contributed by atoms with Crippen molar-refractivity contribution in [1.82, 2.24) is 15.5 Å². The maximum absolute atomic E-state index is 11.8. The molecular formula is C16H33IN4O2. The molecule has 0 aromatic rings. The Bertz CT molecular complexity index is 383. The standard InChI is InChI=1S/C16H32N4O2.HI/c1-6-22-12-13-7-10-20(11-13)15(17-5)19-9-8-18-14(21)16(2,3)4;/h13H,6-12H2,1-5H3,(H,17,19)(H,18,21);1H. The Balaban J connectivity index is 0.00000484. The van der Waals surface area contributed by atoms with E-state index in [0.717, 1.165) is 38.7 Å². The monoisotopic (exact) mass is 440 g/mol. The van der Waals surface area contributed by atoms with Crippen LogP contribution in [0.4, 0.5) is 0 Å².